The summed E-state index contributed by atoms with van der Waals surface area (Å²) in [6.07, 6.45) is 1.97. The first-order chi connectivity index (χ1) is 11.7. The highest BCUT2D eigenvalue weighted by Gasteiger charge is 2.26. The molecule has 0 unspecified atom stereocenters. The maximum absolute atomic E-state index is 12.0. The molecule has 2 aromatic heterocycles. The van der Waals surface area contributed by atoms with Crippen molar-refractivity contribution < 1.29 is 34.1 Å². The molecule has 0 saturated carbocycles. The molecule has 25 heavy (non-hydrogen) atoms. The summed E-state index contributed by atoms with van der Waals surface area (Å²) in [6, 6.07) is 1.89. The molecule has 0 bridgehead atoms. The Kier molecular flexibility index (Phi) is 5.30. The minimum absolute atomic E-state index is 0.0483. The summed E-state index contributed by atoms with van der Waals surface area (Å²) in [6.45, 7) is 0. The Balaban J connectivity index is 2.35. The van der Waals surface area contributed by atoms with E-state index >= 15 is 0 Å². The van der Waals surface area contributed by atoms with Crippen molar-refractivity contribution >= 4 is 47.1 Å². The van der Waals surface area contributed by atoms with E-state index < -0.39 is 46.4 Å². The predicted octanol–water partition coefficient (Wildman–Crippen LogP) is 2.18. The molecule has 0 aliphatic heterocycles. The fraction of sp³-hybridized carbons (Fsp3) is 0. The van der Waals surface area contributed by atoms with Crippen LogP contribution < -0.4 is 0 Å². The van der Waals surface area contributed by atoms with Gasteiger partial charge >= 0.3 is 23.9 Å². The molecule has 9 nitrogen and oxygen atoms in total. The second-order valence-corrected chi connectivity index (χ2v) is 5.26. The molecule has 2 rings (SSSR count). The minimum Gasteiger partial charge on any atom is -0.478 e. The van der Waals surface area contributed by atoms with E-state index in [1.807, 2.05) is 0 Å². The van der Waals surface area contributed by atoms with E-state index in [4.69, 9.17) is 33.4 Å². The Morgan fingerprint density at radius 3 is 1.48 bits per heavy atom. The molecule has 0 spiro atoms. The number of carbonyl (C=O) groups excluding carboxylic acids is 2. The summed E-state index contributed by atoms with van der Waals surface area (Å²) >= 11 is 11.2. The summed E-state index contributed by atoms with van der Waals surface area (Å²) < 4.78 is 4.47. The SMILES string of the molecule is O=C(O)c1cc(Cl)cnc1C(=O)OC(=O)c1ncc(Cl)cc1C(=O)O. The van der Waals surface area contributed by atoms with Crippen LogP contribution in [0.4, 0.5) is 0 Å². The van der Waals surface area contributed by atoms with Gasteiger partial charge in [0.25, 0.3) is 0 Å². The zero-order valence-electron chi connectivity index (χ0n) is 11.9. The first kappa shape index (κ1) is 18.3. The molecule has 0 saturated heterocycles. The number of aromatic carboxylic acids is 2. The lowest BCUT2D eigenvalue weighted by atomic mass is 10.2. The zero-order valence-corrected chi connectivity index (χ0v) is 13.4. The number of esters is 2. The number of hydrogen-bond acceptors (Lipinski definition) is 7. The van der Waals surface area contributed by atoms with Crippen molar-refractivity contribution in [2.45, 2.75) is 0 Å². The number of carbonyl (C=O) groups is 4. The van der Waals surface area contributed by atoms with E-state index in [2.05, 4.69) is 14.7 Å². The molecule has 2 heterocycles. The second kappa shape index (κ2) is 7.24. The van der Waals surface area contributed by atoms with Crippen LogP contribution >= 0.6 is 23.2 Å². The summed E-state index contributed by atoms with van der Waals surface area (Å²) in [5.41, 5.74) is -2.55. The number of carboxylic acids is 2. The lowest BCUT2D eigenvalue weighted by Gasteiger charge is -2.07. The number of halogens is 2. The Labute approximate surface area is 148 Å². The molecule has 0 radical (unpaired) electrons. The molecule has 0 aliphatic carbocycles. The molecule has 128 valence electrons. The molecule has 2 aromatic rings. The van der Waals surface area contributed by atoms with Crippen molar-refractivity contribution in [2.75, 3.05) is 0 Å². The van der Waals surface area contributed by atoms with Crippen LogP contribution in [0.25, 0.3) is 0 Å². The third-order valence-corrected chi connectivity index (χ3v) is 3.15. The molecular formula is C14H6Cl2N2O7. The van der Waals surface area contributed by atoms with Crippen LogP contribution in [0.1, 0.15) is 41.7 Å². The lowest BCUT2D eigenvalue weighted by Crippen LogP contribution is -2.20. The average molecular weight is 385 g/mol. The van der Waals surface area contributed by atoms with E-state index in [-0.39, 0.29) is 10.0 Å². The highest BCUT2D eigenvalue weighted by Crippen LogP contribution is 2.17. The molecular weight excluding hydrogens is 379 g/mol. The number of rotatable bonds is 4. The van der Waals surface area contributed by atoms with Crippen molar-refractivity contribution in [2.24, 2.45) is 0 Å². The van der Waals surface area contributed by atoms with Gasteiger partial charge in [0.05, 0.1) is 21.2 Å². The fourth-order valence-electron chi connectivity index (χ4n) is 1.71. The van der Waals surface area contributed by atoms with Gasteiger partial charge < -0.3 is 14.9 Å². The molecule has 0 fully saturated rings. The molecule has 11 heteroatoms. The third kappa shape index (κ3) is 4.08. The quantitative estimate of drug-likeness (QED) is 0.598. The molecule has 0 aromatic carbocycles. The number of hydrogen-bond donors (Lipinski definition) is 2. The Hall–Kier alpha value is -3.04. The van der Waals surface area contributed by atoms with Gasteiger partial charge in [-0.3, -0.25) is 0 Å². The summed E-state index contributed by atoms with van der Waals surface area (Å²) in [4.78, 5) is 53.3. The van der Waals surface area contributed by atoms with Crippen molar-refractivity contribution in [3.05, 3.63) is 57.1 Å². The fourth-order valence-corrected chi connectivity index (χ4v) is 2.03. The molecule has 0 amide bonds. The van der Waals surface area contributed by atoms with E-state index in [0.29, 0.717) is 0 Å². The van der Waals surface area contributed by atoms with Crippen LogP contribution in [0.15, 0.2) is 24.5 Å². The standard InChI is InChI=1S/C14H6Cl2N2O7/c15-5-1-7(11(19)20)9(17-3-5)13(23)25-14(24)10-8(12(21)22)2-6(16)4-18-10/h1-4H,(H,19,20)(H,21,22). The summed E-state index contributed by atoms with van der Waals surface area (Å²) in [5.74, 6) is -5.87. The molecule has 0 atom stereocenters. The van der Waals surface area contributed by atoms with Gasteiger partial charge in [-0.15, -0.1) is 0 Å². The predicted molar refractivity (Wildman–Crippen MR) is 82.2 cm³/mol. The Morgan fingerprint density at radius 2 is 1.16 bits per heavy atom. The maximum Gasteiger partial charge on any atom is 0.365 e. The maximum atomic E-state index is 12.0. The number of nitrogens with zero attached hydrogens (tertiary/aromatic N) is 2. The Morgan fingerprint density at radius 1 is 0.800 bits per heavy atom. The van der Waals surface area contributed by atoms with Gasteiger partial charge in [0, 0.05) is 12.4 Å². The number of pyridine rings is 2. The van der Waals surface area contributed by atoms with Gasteiger partial charge in [-0.1, -0.05) is 23.2 Å². The normalized spacial score (nSPS) is 10.2. The number of ether oxygens (including phenoxy) is 1. The van der Waals surface area contributed by atoms with Crippen LogP contribution in [0.3, 0.4) is 0 Å². The van der Waals surface area contributed by atoms with Crippen molar-refractivity contribution in [1.29, 1.82) is 0 Å². The van der Waals surface area contributed by atoms with Crippen molar-refractivity contribution in [1.82, 2.24) is 9.97 Å². The van der Waals surface area contributed by atoms with Crippen molar-refractivity contribution in [3.63, 3.8) is 0 Å². The monoisotopic (exact) mass is 384 g/mol. The van der Waals surface area contributed by atoms with Crippen molar-refractivity contribution in [3.8, 4) is 0 Å². The topological polar surface area (TPSA) is 144 Å². The van der Waals surface area contributed by atoms with Crippen LogP contribution in [-0.4, -0.2) is 44.1 Å². The number of carboxylic acid groups (broad SMARTS) is 2. The smallest absolute Gasteiger partial charge is 0.365 e. The van der Waals surface area contributed by atoms with Gasteiger partial charge in [0.15, 0.2) is 11.4 Å². The minimum atomic E-state index is -1.52. The third-order valence-electron chi connectivity index (χ3n) is 2.74. The van der Waals surface area contributed by atoms with Crippen LogP contribution in [-0.2, 0) is 4.74 Å². The van der Waals surface area contributed by atoms with Crippen LogP contribution in [0.2, 0.25) is 10.0 Å². The first-order valence-corrected chi connectivity index (χ1v) is 7.00. The highest BCUT2D eigenvalue weighted by atomic mass is 35.5. The molecule has 0 aliphatic rings. The summed E-state index contributed by atoms with van der Waals surface area (Å²) in [5, 5.41) is 18.0. The van der Waals surface area contributed by atoms with Gasteiger partial charge in [-0.2, -0.15) is 0 Å². The van der Waals surface area contributed by atoms with Crippen LogP contribution in [0.5, 0.6) is 0 Å². The molecule has 2 N–H and O–H groups in total. The Bertz CT molecular complexity index is 841. The van der Waals surface area contributed by atoms with E-state index in [1.165, 1.54) is 0 Å². The summed E-state index contributed by atoms with van der Waals surface area (Å²) in [7, 11) is 0. The van der Waals surface area contributed by atoms with Gasteiger partial charge in [0.1, 0.15) is 0 Å². The first-order valence-electron chi connectivity index (χ1n) is 6.25. The van der Waals surface area contributed by atoms with Gasteiger partial charge in [-0.25, -0.2) is 29.1 Å². The van der Waals surface area contributed by atoms with Gasteiger partial charge in [0.2, 0.25) is 0 Å². The average Bonchev–Trinajstić information content (AvgIpc) is 2.54. The number of aromatic nitrogens is 2. The lowest BCUT2D eigenvalue weighted by molar-refractivity contribution is 0.0378. The second-order valence-electron chi connectivity index (χ2n) is 4.39. The van der Waals surface area contributed by atoms with Crippen LogP contribution in [0, 0.1) is 0 Å². The van der Waals surface area contributed by atoms with E-state index in [9.17, 15) is 19.2 Å². The highest BCUT2D eigenvalue weighted by molar-refractivity contribution is 6.31. The van der Waals surface area contributed by atoms with Gasteiger partial charge in [-0.05, 0) is 12.1 Å². The van der Waals surface area contributed by atoms with E-state index in [1.54, 1.807) is 0 Å². The largest absolute Gasteiger partial charge is 0.478 e. The van der Waals surface area contributed by atoms with E-state index in [0.717, 1.165) is 24.5 Å². The zero-order chi connectivity index (χ0) is 18.7.